The molecule has 1 N–H and O–H groups in total. The van der Waals surface area contributed by atoms with Gasteiger partial charge in [-0.1, -0.05) is 0 Å². The van der Waals surface area contributed by atoms with Crippen LogP contribution in [0.3, 0.4) is 0 Å². The van der Waals surface area contributed by atoms with E-state index in [2.05, 4.69) is 4.98 Å². The Morgan fingerprint density at radius 3 is 2.80 bits per heavy atom. The predicted molar refractivity (Wildman–Crippen MR) is 55.7 cm³/mol. The van der Waals surface area contributed by atoms with Crippen LogP contribution in [0.5, 0.6) is 0 Å². The van der Waals surface area contributed by atoms with Crippen molar-refractivity contribution in [2.45, 2.75) is 6.92 Å². The summed E-state index contributed by atoms with van der Waals surface area (Å²) in [6, 6.07) is 0. The second kappa shape index (κ2) is 3.16. The van der Waals surface area contributed by atoms with E-state index in [0.717, 1.165) is 5.01 Å². The van der Waals surface area contributed by atoms with E-state index < -0.39 is 5.97 Å². The van der Waals surface area contributed by atoms with Gasteiger partial charge in [-0.25, -0.2) is 9.78 Å². The third-order valence-electron chi connectivity index (χ3n) is 2.19. The van der Waals surface area contributed by atoms with E-state index in [9.17, 15) is 9.59 Å². The average Bonchev–Trinajstić information content (AvgIpc) is 2.63. The summed E-state index contributed by atoms with van der Waals surface area (Å²) in [7, 11) is 1.60. The number of hydrogen-bond acceptors (Lipinski definition) is 4. The number of aromatic nitrogens is 2. The topological polar surface area (TPSA) is 72.2 Å². The maximum atomic E-state index is 11.0. The summed E-state index contributed by atoms with van der Waals surface area (Å²) < 4.78 is 2.08. The summed E-state index contributed by atoms with van der Waals surface area (Å²) in [4.78, 5) is 26.0. The largest absolute Gasteiger partial charge is 0.477 e. The Morgan fingerprint density at radius 1 is 1.60 bits per heavy atom. The highest BCUT2D eigenvalue weighted by molar-refractivity contribution is 7.18. The van der Waals surface area contributed by atoms with E-state index >= 15 is 0 Å². The fraction of sp³-hybridized carbons (Fsp3) is 0.222. The lowest BCUT2D eigenvalue weighted by molar-refractivity contribution is 0.0684. The SMILES string of the molecule is Cc1nc2c(s1)c(C=O)c(C(=O)O)n2C. The average molecular weight is 224 g/mol. The molecule has 0 unspecified atom stereocenters. The first kappa shape index (κ1) is 9.85. The number of aryl methyl sites for hydroxylation is 2. The quantitative estimate of drug-likeness (QED) is 0.784. The van der Waals surface area contributed by atoms with Crippen molar-refractivity contribution < 1.29 is 14.7 Å². The molecule has 0 aliphatic carbocycles. The molecule has 0 aliphatic rings. The summed E-state index contributed by atoms with van der Waals surface area (Å²) in [5, 5.41) is 9.78. The van der Waals surface area contributed by atoms with Crippen LogP contribution < -0.4 is 0 Å². The van der Waals surface area contributed by atoms with Crippen LogP contribution in [0.2, 0.25) is 0 Å². The summed E-state index contributed by atoms with van der Waals surface area (Å²) in [5.74, 6) is -1.11. The fourth-order valence-electron chi connectivity index (χ4n) is 1.58. The van der Waals surface area contributed by atoms with Crippen molar-refractivity contribution in [3.63, 3.8) is 0 Å². The molecule has 0 aromatic carbocycles. The van der Waals surface area contributed by atoms with Gasteiger partial charge in [-0.15, -0.1) is 11.3 Å². The lowest BCUT2D eigenvalue weighted by Crippen LogP contribution is -2.07. The maximum absolute atomic E-state index is 11.0. The molecule has 6 heteroatoms. The molecule has 2 rings (SSSR count). The molecule has 0 radical (unpaired) electrons. The maximum Gasteiger partial charge on any atom is 0.353 e. The van der Waals surface area contributed by atoms with Gasteiger partial charge in [-0.2, -0.15) is 0 Å². The molecular weight excluding hydrogens is 216 g/mol. The molecule has 15 heavy (non-hydrogen) atoms. The summed E-state index contributed by atoms with van der Waals surface area (Å²) in [6.45, 7) is 1.82. The lowest BCUT2D eigenvalue weighted by Gasteiger charge is -1.97. The molecule has 2 heterocycles. The Bertz CT molecular complexity index is 567. The number of carboxylic acid groups (broad SMARTS) is 1. The molecule has 0 amide bonds. The van der Waals surface area contributed by atoms with Gasteiger partial charge in [0.05, 0.1) is 15.3 Å². The molecule has 5 nitrogen and oxygen atoms in total. The second-order valence-electron chi connectivity index (χ2n) is 3.13. The van der Waals surface area contributed by atoms with E-state index in [-0.39, 0.29) is 11.3 Å². The van der Waals surface area contributed by atoms with Crippen LogP contribution >= 0.6 is 11.3 Å². The van der Waals surface area contributed by atoms with Crippen LogP contribution in [0.15, 0.2) is 0 Å². The highest BCUT2D eigenvalue weighted by atomic mass is 32.1. The van der Waals surface area contributed by atoms with E-state index in [1.807, 2.05) is 6.92 Å². The Hall–Kier alpha value is -1.69. The first-order valence-corrected chi connectivity index (χ1v) is 5.02. The molecular formula is C9H8N2O3S. The van der Waals surface area contributed by atoms with E-state index in [0.29, 0.717) is 16.6 Å². The van der Waals surface area contributed by atoms with Gasteiger partial charge < -0.3 is 9.67 Å². The Labute approximate surface area is 89.0 Å². The van der Waals surface area contributed by atoms with Crippen LogP contribution in [0.25, 0.3) is 10.3 Å². The first-order chi connectivity index (χ1) is 7.06. The molecule has 0 bridgehead atoms. The molecule has 2 aromatic heterocycles. The summed E-state index contributed by atoms with van der Waals surface area (Å²) >= 11 is 1.33. The number of nitrogens with zero attached hydrogens (tertiary/aromatic N) is 2. The molecule has 0 spiro atoms. The molecule has 0 fully saturated rings. The third kappa shape index (κ3) is 1.25. The second-order valence-corrected chi connectivity index (χ2v) is 4.33. The van der Waals surface area contributed by atoms with Crippen LogP contribution in [-0.4, -0.2) is 26.9 Å². The minimum Gasteiger partial charge on any atom is -0.477 e. The minimum atomic E-state index is -1.11. The highest BCUT2D eigenvalue weighted by Gasteiger charge is 2.22. The Balaban J connectivity index is 2.92. The number of rotatable bonds is 2. The van der Waals surface area contributed by atoms with Gasteiger partial charge in [0.15, 0.2) is 11.9 Å². The normalized spacial score (nSPS) is 10.8. The number of hydrogen-bond donors (Lipinski definition) is 1. The lowest BCUT2D eigenvalue weighted by atomic mass is 10.2. The van der Waals surface area contributed by atoms with Gasteiger partial charge >= 0.3 is 5.97 Å². The van der Waals surface area contributed by atoms with Crippen molar-refractivity contribution in [1.82, 2.24) is 9.55 Å². The van der Waals surface area contributed by atoms with Gasteiger partial charge in [0.2, 0.25) is 0 Å². The zero-order chi connectivity index (χ0) is 11.2. The molecule has 2 aromatic rings. The number of aldehydes is 1. The molecule has 0 saturated heterocycles. The molecule has 0 atom stereocenters. The van der Waals surface area contributed by atoms with Crippen molar-refractivity contribution in [3.8, 4) is 0 Å². The smallest absolute Gasteiger partial charge is 0.353 e. The first-order valence-electron chi connectivity index (χ1n) is 4.20. The van der Waals surface area contributed by atoms with Crippen LogP contribution in [0, 0.1) is 6.92 Å². The zero-order valence-electron chi connectivity index (χ0n) is 8.14. The number of aromatic carboxylic acids is 1. The van der Waals surface area contributed by atoms with Crippen molar-refractivity contribution in [2.75, 3.05) is 0 Å². The third-order valence-corrected chi connectivity index (χ3v) is 3.18. The standard InChI is InChI=1S/C9H8N2O3S/c1-4-10-8-7(15-4)5(3-12)6(9(13)14)11(8)2/h3H,1-2H3,(H,13,14). The number of carbonyl (C=O) groups excluding carboxylic acids is 1. The van der Waals surface area contributed by atoms with Crippen LogP contribution in [0.4, 0.5) is 0 Å². The summed E-state index contributed by atoms with van der Waals surface area (Å²) in [6.07, 6.45) is 0.573. The summed E-state index contributed by atoms with van der Waals surface area (Å²) in [5.41, 5.74) is 0.765. The van der Waals surface area contributed by atoms with Crippen LogP contribution in [-0.2, 0) is 7.05 Å². The monoisotopic (exact) mass is 224 g/mol. The number of carboxylic acids is 1. The molecule has 0 aliphatic heterocycles. The zero-order valence-corrected chi connectivity index (χ0v) is 8.96. The van der Waals surface area contributed by atoms with Gasteiger partial charge in [0.25, 0.3) is 0 Å². The Morgan fingerprint density at radius 2 is 2.27 bits per heavy atom. The fourth-order valence-corrected chi connectivity index (χ4v) is 2.54. The van der Waals surface area contributed by atoms with E-state index in [1.54, 1.807) is 7.05 Å². The van der Waals surface area contributed by atoms with Crippen LogP contribution in [0.1, 0.15) is 25.9 Å². The molecule has 0 saturated carbocycles. The van der Waals surface area contributed by atoms with E-state index in [4.69, 9.17) is 5.11 Å². The van der Waals surface area contributed by atoms with Crippen molar-refractivity contribution >= 4 is 33.9 Å². The predicted octanol–water partition coefficient (Wildman–Crippen LogP) is 1.45. The van der Waals surface area contributed by atoms with Crippen molar-refractivity contribution in [3.05, 3.63) is 16.3 Å². The number of carbonyl (C=O) groups is 2. The van der Waals surface area contributed by atoms with Gasteiger partial charge in [0, 0.05) is 7.05 Å². The van der Waals surface area contributed by atoms with E-state index in [1.165, 1.54) is 15.9 Å². The highest BCUT2D eigenvalue weighted by Crippen LogP contribution is 2.29. The Kier molecular flexibility index (Phi) is 2.08. The molecule has 78 valence electrons. The van der Waals surface area contributed by atoms with Crippen molar-refractivity contribution in [1.29, 1.82) is 0 Å². The number of thiazole rings is 1. The van der Waals surface area contributed by atoms with Gasteiger partial charge in [0.1, 0.15) is 5.69 Å². The van der Waals surface area contributed by atoms with Gasteiger partial charge in [-0.3, -0.25) is 4.79 Å². The van der Waals surface area contributed by atoms with Gasteiger partial charge in [-0.05, 0) is 6.92 Å². The number of fused-ring (bicyclic) bond motifs is 1. The minimum absolute atomic E-state index is 0.00116. The van der Waals surface area contributed by atoms with Crippen molar-refractivity contribution in [2.24, 2.45) is 7.05 Å².